The van der Waals surface area contributed by atoms with Crippen molar-refractivity contribution in [3.8, 4) is 11.1 Å². The van der Waals surface area contributed by atoms with Crippen LogP contribution in [0.3, 0.4) is 0 Å². The summed E-state index contributed by atoms with van der Waals surface area (Å²) in [5.41, 5.74) is -1.84. The fourth-order valence-electron chi connectivity index (χ4n) is 3.70. The number of carboxylic acids is 1. The van der Waals surface area contributed by atoms with E-state index in [1.807, 2.05) is 0 Å². The molecule has 10 heteroatoms. The largest absolute Gasteiger partial charge is 0.478 e. The van der Waals surface area contributed by atoms with Gasteiger partial charge in [-0.3, -0.25) is 0 Å². The summed E-state index contributed by atoms with van der Waals surface area (Å²) in [4.78, 5) is 16.8. The number of oxime groups is 1. The van der Waals surface area contributed by atoms with Crippen LogP contribution in [0.25, 0.3) is 11.1 Å². The highest BCUT2D eigenvalue weighted by Gasteiger charge is 2.62. The van der Waals surface area contributed by atoms with E-state index in [1.165, 1.54) is 18.2 Å². The first-order valence-corrected chi connectivity index (χ1v) is 11.0. The molecular weight excluding hydrogens is 546 g/mol. The summed E-state index contributed by atoms with van der Waals surface area (Å²) >= 11 is 15.2. The summed E-state index contributed by atoms with van der Waals surface area (Å²) in [5, 5.41) is 13.4. The van der Waals surface area contributed by atoms with E-state index in [0.717, 1.165) is 12.1 Å². The highest BCUT2D eigenvalue weighted by molar-refractivity contribution is 9.10. The summed E-state index contributed by atoms with van der Waals surface area (Å²) in [7, 11) is 0. The van der Waals surface area contributed by atoms with Crippen LogP contribution in [0, 0.1) is 0 Å². The maximum Gasteiger partial charge on any atom is 0.435 e. The van der Waals surface area contributed by atoms with E-state index < -0.39 is 24.2 Å². The van der Waals surface area contributed by atoms with Crippen LogP contribution in [0.2, 0.25) is 10.0 Å². The molecule has 33 heavy (non-hydrogen) atoms. The minimum Gasteiger partial charge on any atom is -0.478 e. The van der Waals surface area contributed by atoms with Crippen molar-refractivity contribution in [3.63, 3.8) is 0 Å². The first kappa shape index (κ1) is 23.6. The molecule has 1 N–H and O–H groups in total. The Morgan fingerprint density at radius 2 is 1.70 bits per heavy atom. The predicted molar refractivity (Wildman–Crippen MR) is 123 cm³/mol. The molecular formula is C23H13BrCl2F3NO3. The number of carboxylic acid groups (broad SMARTS) is 1. The lowest BCUT2D eigenvalue weighted by Crippen LogP contribution is -2.42. The first-order chi connectivity index (χ1) is 15.5. The summed E-state index contributed by atoms with van der Waals surface area (Å²) in [5.74, 6) is -1.19. The lowest BCUT2D eigenvalue weighted by molar-refractivity contribution is -0.275. The van der Waals surface area contributed by atoms with Gasteiger partial charge in [0.2, 0.25) is 0 Å². The molecule has 0 aromatic heterocycles. The third kappa shape index (κ3) is 4.23. The SMILES string of the molecule is O=C(O)c1ccc(C2=NOC(c3cc(Cl)cc(Cl)c3)(C(F)(F)F)C2)c(-c2ccccc2)c1Br. The van der Waals surface area contributed by atoms with E-state index in [-0.39, 0.29) is 31.4 Å². The van der Waals surface area contributed by atoms with Gasteiger partial charge in [0.15, 0.2) is 0 Å². The lowest BCUT2D eigenvalue weighted by Gasteiger charge is -2.29. The van der Waals surface area contributed by atoms with E-state index in [9.17, 15) is 23.1 Å². The highest BCUT2D eigenvalue weighted by Crippen LogP contribution is 2.50. The third-order valence-corrected chi connectivity index (χ3v) is 6.52. The van der Waals surface area contributed by atoms with E-state index in [1.54, 1.807) is 30.3 Å². The maximum absolute atomic E-state index is 14.4. The Kier molecular flexibility index (Phi) is 6.20. The standard InChI is InChI=1S/C23H13BrCl2F3NO3/c24-20-17(21(31)32)7-6-16(19(20)12-4-2-1-3-5-12)18-11-22(33-30-18,23(27,28)29)13-8-14(25)10-15(26)9-13/h1-10H,11H2,(H,31,32). The van der Waals surface area contributed by atoms with Gasteiger partial charge in [0.25, 0.3) is 5.60 Å². The molecule has 0 saturated heterocycles. The van der Waals surface area contributed by atoms with Crippen molar-refractivity contribution in [2.24, 2.45) is 5.16 Å². The van der Waals surface area contributed by atoms with Crippen molar-refractivity contribution in [2.75, 3.05) is 0 Å². The van der Waals surface area contributed by atoms with Gasteiger partial charge in [-0.15, -0.1) is 0 Å². The Bertz CT molecular complexity index is 1260. The van der Waals surface area contributed by atoms with E-state index in [2.05, 4.69) is 21.1 Å². The number of carbonyl (C=O) groups is 1. The molecule has 3 aromatic carbocycles. The number of halogens is 6. The van der Waals surface area contributed by atoms with Crippen LogP contribution in [-0.2, 0) is 10.4 Å². The molecule has 0 radical (unpaired) electrons. The van der Waals surface area contributed by atoms with Crippen LogP contribution in [0.5, 0.6) is 0 Å². The van der Waals surface area contributed by atoms with Crippen molar-refractivity contribution >= 4 is 50.8 Å². The minimum absolute atomic E-state index is 0.0000789. The number of nitrogens with zero attached hydrogens (tertiary/aromatic N) is 1. The Hall–Kier alpha value is -2.55. The number of hydrogen-bond donors (Lipinski definition) is 1. The van der Waals surface area contributed by atoms with Crippen molar-refractivity contribution < 1.29 is 27.9 Å². The van der Waals surface area contributed by atoms with Gasteiger partial charge >= 0.3 is 12.1 Å². The van der Waals surface area contributed by atoms with Crippen LogP contribution in [0.4, 0.5) is 13.2 Å². The van der Waals surface area contributed by atoms with Gasteiger partial charge in [-0.05, 0) is 45.8 Å². The molecule has 0 bridgehead atoms. The molecule has 0 spiro atoms. The fourth-order valence-corrected chi connectivity index (χ4v) is 4.97. The van der Waals surface area contributed by atoms with Gasteiger partial charge in [-0.1, -0.05) is 64.8 Å². The summed E-state index contributed by atoms with van der Waals surface area (Å²) in [6.45, 7) is 0. The smallest absolute Gasteiger partial charge is 0.435 e. The molecule has 0 fully saturated rings. The first-order valence-electron chi connectivity index (χ1n) is 9.43. The van der Waals surface area contributed by atoms with Crippen LogP contribution in [-0.4, -0.2) is 23.0 Å². The van der Waals surface area contributed by atoms with E-state index in [0.29, 0.717) is 16.7 Å². The number of hydrogen-bond acceptors (Lipinski definition) is 3. The summed E-state index contributed by atoms with van der Waals surface area (Å²) in [6, 6.07) is 15.0. The Morgan fingerprint density at radius 1 is 1.06 bits per heavy atom. The second-order valence-electron chi connectivity index (χ2n) is 7.31. The second-order valence-corrected chi connectivity index (χ2v) is 8.98. The molecule has 1 atom stereocenters. The molecule has 4 rings (SSSR count). The highest BCUT2D eigenvalue weighted by atomic mass is 79.9. The van der Waals surface area contributed by atoms with Crippen LogP contribution in [0.1, 0.15) is 27.9 Å². The molecule has 0 amide bonds. The summed E-state index contributed by atoms with van der Waals surface area (Å²) < 4.78 is 43.3. The molecule has 3 aromatic rings. The Labute approximate surface area is 204 Å². The Morgan fingerprint density at radius 3 is 2.27 bits per heavy atom. The van der Waals surface area contributed by atoms with Crippen molar-refractivity contribution in [3.05, 3.63) is 91.9 Å². The zero-order valence-corrected chi connectivity index (χ0v) is 19.6. The average molecular weight is 559 g/mol. The number of aromatic carboxylic acids is 1. The molecule has 4 nitrogen and oxygen atoms in total. The van der Waals surface area contributed by atoms with Gasteiger partial charge in [0.05, 0.1) is 11.3 Å². The normalized spacial score (nSPS) is 18.1. The van der Waals surface area contributed by atoms with Crippen molar-refractivity contribution in [1.29, 1.82) is 0 Å². The van der Waals surface area contributed by atoms with E-state index in [4.69, 9.17) is 28.0 Å². The maximum atomic E-state index is 14.4. The quantitative estimate of drug-likeness (QED) is 0.357. The molecule has 1 aliphatic rings. The van der Waals surface area contributed by atoms with Gasteiger partial charge < -0.3 is 9.94 Å². The van der Waals surface area contributed by atoms with Crippen LogP contribution >= 0.6 is 39.1 Å². The Balaban J connectivity index is 1.88. The van der Waals surface area contributed by atoms with Crippen molar-refractivity contribution in [1.82, 2.24) is 0 Å². The summed E-state index contributed by atoms with van der Waals surface area (Å²) in [6.07, 6.45) is -5.51. The molecule has 1 heterocycles. The zero-order chi connectivity index (χ0) is 24.0. The van der Waals surface area contributed by atoms with Gasteiger partial charge in [-0.2, -0.15) is 13.2 Å². The molecule has 1 unspecified atom stereocenters. The fraction of sp³-hybridized carbons (Fsp3) is 0.130. The van der Waals surface area contributed by atoms with E-state index >= 15 is 0 Å². The molecule has 0 aliphatic carbocycles. The second kappa shape index (κ2) is 8.66. The molecule has 0 saturated carbocycles. The topological polar surface area (TPSA) is 58.9 Å². The minimum atomic E-state index is -4.85. The lowest BCUT2D eigenvalue weighted by atomic mass is 9.84. The van der Waals surface area contributed by atoms with Gasteiger partial charge in [0.1, 0.15) is 0 Å². The van der Waals surface area contributed by atoms with Crippen LogP contribution in [0.15, 0.2) is 70.3 Å². The third-order valence-electron chi connectivity index (χ3n) is 5.26. The molecule has 1 aliphatic heterocycles. The van der Waals surface area contributed by atoms with Crippen molar-refractivity contribution in [2.45, 2.75) is 18.2 Å². The monoisotopic (exact) mass is 557 g/mol. The number of benzene rings is 3. The number of rotatable bonds is 4. The number of alkyl halides is 3. The zero-order valence-electron chi connectivity index (χ0n) is 16.5. The van der Waals surface area contributed by atoms with Gasteiger partial charge in [-0.25, -0.2) is 4.79 Å². The predicted octanol–water partition coefficient (Wildman–Crippen LogP) is 7.70. The van der Waals surface area contributed by atoms with Gasteiger partial charge in [0, 0.05) is 37.6 Å². The van der Waals surface area contributed by atoms with Crippen LogP contribution < -0.4 is 0 Å². The average Bonchev–Trinajstić information content (AvgIpc) is 3.20. The molecule has 170 valence electrons.